The third-order valence-corrected chi connectivity index (χ3v) is 3.96. The van der Waals surface area contributed by atoms with E-state index in [0.29, 0.717) is 17.1 Å². The number of amides is 1. The lowest BCUT2D eigenvalue weighted by molar-refractivity contribution is 0.0962. The number of nitrogens with two attached hydrogens (primary N) is 1. The standard InChI is InChI=1S/C17H18N6O/c1-9-11(6-21-7-12(9)17(24)20-3)14-4-10-5-15(19-2)22-8-13(10)16(18)23-14/h4-8H,1-3H3,(H2,18,23)(H,19,22)(H,20,24). The van der Waals surface area contributed by atoms with Crippen LogP contribution in [-0.2, 0) is 0 Å². The summed E-state index contributed by atoms with van der Waals surface area (Å²) in [6.45, 7) is 1.87. The van der Waals surface area contributed by atoms with Crippen molar-refractivity contribution in [1.82, 2.24) is 20.3 Å². The number of hydrogen-bond donors (Lipinski definition) is 3. The summed E-state index contributed by atoms with van der Waals surface area (Å²) in [5.74, 6) is 0.952. The van der Waals surface area contributed by atoms with Gasteiger partial charge in [-0.05, 0) is 30.0 Å². The van der Waals surface area contributed by atoms with Crippen LogP contribution >= 0.6 is 0 Å². The Kier molecular flexibility index (Phi) is 3.99. The molecule has 0 radical (unpaired) electrons. The molecule has 0 aliphatic rings. The predicted octanol–water partition coefficient (Wildman–Crippen LogP) is 1.98. The summed E-state index contributed by atoms with van der Waals surface area (Å²) >= 11 is 0. The number of nitrogens with zero attached hydrogens (tertiary/aromatic N) is 3. The van der Waals surface area contributed by atoms with Crippen LogP contribution in [0.4, 0.5) is 11.6 Å². The summed E-state index contributed by atoms with van der Waals surface area (Å²) < 4.78 is 0. The second kappa shape index (κ2) is 6.11. The largest absolute Gasteiger partial charge is 0.383 e. The fraction of sp³-hybridized carbons (Fsp3) is 0.176. The van der Waals surface area contributed by atoms with Crippen molar-refractivity contribution in [1.29, 1.82) is 0 Å². The van der Waals surface area contributed by atoms with Gasteiger partial charge in [-0.3, -0.25) is 9.78 Å². The maximum absolute atomic E-state index is 12.0. The second-order valence-corrected chi connectivity index (χ2v) is 5.37. The van der Waals surface area contributed by atoms with Crippen molar-refractivity contribution in [3.8, 4) is 11.3 Å². The summed E-state index contributed by atoms with van der Waals surface area (Å²) in [7, 11) is 3.40. The van der Waals surface area contributed by atoms with Crippen molar-refractivity contribution in [2.24, 2.45) is 0 Å². The van der Waals surface area contributed by atoms with Gasteiger partial charge >= 0.3 is 0 Å². The van der Waals surface area contributed by atoms with E-state index < -0.39 is 0 Å². The number of nitrogen functional groups attached to an aromatic ring is 1. The summed E-state index contributed by atoms with van der Waals surface area (Å²) in [6.07, 6.45) is 4.93. The highest BCUT2D eigenvalue weighted by Gasteiger charge is 2.14. The van der Waals surface area contributed by atoms with Crippen LogP contribution in [0.15, 0.2) is 30.7 Å². The first kappa shape index (κ1) is 15.7. The van der Waals surface area contributed by atoms with Gasteiger partial charge in [0.1, 0.15) is 11.6 Å². The minimum Gasteiger partial charge on any atom is -0.383 e. The number of carbonyl (C=O) groups is 1. The van der Waals surface area contributed by atoms with E-state index in [-0.39, 0.29) is 5.91 Å². The van der Waals surface area contributed by atoms with E-state index >= 15 is 0 Å². The van der Waals surface area contributed by atoms with Gasteiger partial charge in [-0.25, -0.2) is 9.97 Å². The van der Waals surface area contributed by atoms with Crippen LogP contribution in [0.1, 0.15) is 15.9 Å². The minimum atomic E-state index is -0.183. The second-order valence-electron chi connectivity index (χ2n) is 5.37. The molecular weight excluding hydrogens is 304 g/mol. The number of aromatic nitrogens is 3. The Labute approximate surface area is 139 Å². The topological polar surface area (TPSA) is 106 Å². The Hall–Kier alpha value is -3.22. The van der Waals surface area contributed by atoms with E-state index in [9.17, 15) is 4.79 Å². The molecular formula is C17H18N6O. The Balaban J connectivity index is 2.21. The van der Waals surface area contributed by atoms with Crippen LogP contribution in [0.5, 0.6) is 0 Å². The molecule has 1 amide bonds. The highest BCUT2D eigenvalue weighted by Crippen LogP contribution is 2.29. The van der Waals surface area contributed by atoms with Crippen LogP contribution in [0, 0.1) is 6.92 Å². The molecule has 4 N–H and O–H groups in total. The van der Waals surface area contributed by atoms with E-state index in [2.05, 4.69) is 25.6 Å². The first-order chi connectivity index (χ1) is 11.5. The van der Waals surface area contributed by atoms with Crippen LogP contribution in [-0.4, -0.2) is 35.0 Å². The summed E-state index contributed by atoms with van der Waals surface area (Å²) in [5, 5.41) is 7.32. The van der Waals surface area contributed by atoms with Gasteiger partial charge in [0.15, 0.2) is 0 Å². The molecule has 3 rings (SSSR count). The number of rotatable bonds is 3. The fourth-order valence-corrected chi connectivity index (χ4v) is 2.60. The van der Waals surface area contributed by atoms with E-state index in [1.54, 1.807) is 32.7 Å². The van der Waals surface area contributed by atoms with Crippen molar-refractivity contribution < 1.29 is 4.79 Å². The van der Waals surface area contributed by atoms with Crippen molar-refractivity contribution in [3.05, 3.63) is 41.9 Å². The Morgan fingerprint density at radius 3 is 2.67 bits per heavy atom. The Bertz CT molecular complexity index is 938. The highest BCUT2D eigenvalue weighted by molar-refractivity contribution is 5.98. The summed E-state index contributed by atoms with van der Waals surface area (Å²) in [6, 6.07) is 3.83. The molecule has 7 heteroatoms. The molecule has 7 nitrogen and oxygen atoms in total. The van der Waals surface area contributed by atoms with Gasteiger partial charge in [0.05, 0.1) is 11.3 Å². The molecule has 0 saturated heterocycles. The van der Waals surface area contributed by atoms with E-state index in [1.165, 1.54) is 0 Å². The number of nitrogens with one attached hydrogen (secondary N) is 2. The maximum atomic E-state index is 12.0. The highest BCUT2D eigenvalue weighted by atomic mass is 16.1. The predicted molar refractivity (Wildman–Crippen MR) is 94.9 cm³/mol. The van der Waals surface area contributed by atoms with Gasteiger partial charge in [-0.2, -0.15) is 0 Å². The smallest absolute Gasteiger partial charge is 0.252 e. The molecule has 24 heavy (non-hydrogen) atoms. The van der Waals surface area contributed by atoms with E-state index in [4.69, 9.17) is 5.73 Å². The minimum absolute atomic E-state index is 0.183. The summed E-state index contributed by atoms with van der Waals surface area (Å²) in [5.41, 5.74) is 8.85. The van der Waals surface area contributed by atoms with Crippen molar-refractivity contribution >= 4 is 28.3 Å². The summed E-state index contributed by atoms with van der Waals surface area (Å²) in [4.78, 5) is 24.9. The van der Waals surface area contributed by atoms with Crippen LogP contribution in [0.2, 0.25) is 0 Å². The average molecular weight is 322 g/mol. The van der Waals surface area contributed by atoms with Gasteiger partial charge in [-0.15, -0.1) is 0 Å². The average Bonchev–Trinajstić information content (AvgIpc) is 2.60. The molecule has 0 atom stereocenters. The lowest BCUT2D eigenvalue weighted by Crippen LogP contribution is -2.19. The molecule has 3 heterocycles. The van der Waals surface area contributed by atoms with Crippen molar-refractivity contribution in [3.63, 3.8) is 0 Å². The van der Waals surface area contributed by atoms with E-state index in [1.807, 2.05) is 19.1 Å². The number of fused-ring (bicyclic) bond motifs is 1. The molecule has 0 saturated carbocycles. The molecule has 3 aromatic rings. The molecule has 0 aromatic carbocycles. The number of carbonyl (C=O) groups excluding carboxylic acids is 1. The molecule has 0 aliphatic heterocycles. The molecule has 0 fully saturated rings. The molecule has 0 aliphatic carbocycles. The zero-order valence-electron chi connectivity index (χ0n) is 13.7. The van der Waals surface area contributed by atoms with Gasteiger partial charge in [0, 0.05) is 43.6 Å². The third kappa shape index (κ3) is 2.60. The van der Waals surface area contributed by atoms with Crippen LogP contribution < -0.4 is 16.4 Å². The number of anilines is 2. The first-order valence-electron chi connectivity index (χ1n) is 7.46. The molecule has 122 valence electrons. The van der Waals surface area contributed by atoms with Crippen LogP contribution in [0.3, 0.4) is 0 Å². The molecule has 0 spiro atoms. The molecule has 0 bridgehead atoms. The zero-order valence-corrected chi connectivity index (χ0v) is 13.7. The van der Waals surface area contributed by atoms with Gasteiger partial charge in [0.2, 0.25) is 0 Å². The monoisotopic (exact) mass is 322 g/mol. The zero-order chi connectivity index (χ0) is 17.3. The third-order valence-electron chi connectivity index (χ3n) is 3.96. The quantitative estimate of drug-likeness (QED) is 0.681. The molecule has 3 aromatic heterocycles. The first-order valence-corrected chi connectivity index (χ1v) is 7.46. The van der Waals surface area contributed by atoms with Gasteiger partial charge in [-0.1, -0.05) is 0 Å². The van der Waals surface area contributed by atoms with Gasteiger partial charge in [0.25, 0.3) is 5.91 Å². The van der Waals surface area contributed by atoms with Crippen molar-refractivity contribution in [2.75, 3.05) is 25.1 Å². The number of hydrogen-bond acceptors (Lipinski definition) is 6. The SMILES string of the molecule is CNC(=O)c1cncc(-c2cc3cc(NC)ncc3c(N)n2)c1C. The fourth-order valence-electron chi connectivity index (χ4n) is 2.60. The van der Waals surface area contributed by atoms with Crippen LogP contribution in [0.25, 0.3) is 22.0 Å². The molecule has 0 unspecified atom stereocenters. The Morgan fingerprint density at radius 1 is 1.17 bits per heavy atom. The lowest BCUT2D eigenvalue weighted by atomic mass is 10.0. The lowest BCUT2D eigenvalue weighted by Gasteiger charge is -2.11. The number of pyridine rings is 3. The van der Waals surface area contributed by atoms with E-state index in [0.717, 1.165) is 27.7 Å². The normalized spacial score (nSPS) is 10.6. The van der Waals surface area contributed by atoms with Gasteiger partial charge < -0.3 is 16.4 Å². The Morgan fingerprint density at radius 2 is 1.96 bits per heavy atom. The van der Waals surface area contributed by atoms with Crippen molar-refractivity contribution in [2.45, 2.75) is 6.92 Å². The maximum Gasteiger partial charge on any atom is 0.252 e.